The largest absolute Gasteiger partial charge is 0.486 e. The number of fused-ring (bicyclic) bond motifs is 1. The summed E-state index contributed by atoms with van der Waals surface area (Å²) in [7, 11) is 0. The zero-order valence-corrected chi connectivity index (χ0v) is 14.5. The molecule has 0 unspecified atom stereocenters. The number of pyridine rings is 1. The van der Waals surface area contributed by atoms with Crippen LogP contribution in [-0.2, 0) is 13.2 Å². The van der Waals surface area contributed by atoms with Crippen LogP contribution in [0.4, 0.5) is 0 Å². The van der Waals surface area contributed by atoms with Crippen molar-refractivity contribution in [2.75, 3.05) is 6.79 Å². The van der Waals surface area contributed by atoms with Crippen LogP contribution < -0.4 is 19.5 Å². The van der Waals surface area contributed by atoms with Crippen LogP contribution in [0.15, 0.2) is 48.1 Å². The number of hydrogen-bond acceptors (Lipinski definition) is 7. The molecule has 132 valence electrons. The highest BCUT2D eigenvalue weighted by Crippen LogP contribution is 2.35. The van der Waals surface area contributed by atoms with Crippen molar-refractivity contribution in [2.24, 2.45) is 0 Å². The van der Waals surface area contributed by atoms with E-state index in [1.165, 1.54) is 11.3 Å². The van der Waals surface area contributed by atoms with E-state index < -0.39 is 0 Å². The summed E-state index contributed by atoms with van der Waals surface area (Å²) in [5.41, 5.74) is 1.31. The standard InChI is InChI=1S/C18H15N3O4S/c22-18(20-8-12-2-1-5-19-7-12)14-10-26-17(21-14)9-23-13-3-4-15-16(6-13)25-11-24-15/h1-7,10H,8-9,11H2,(H,20,22). The van der Waals surface area contributed by atoms with E-state index in [1.807, 2.05) is 18.2 Å². The van der Waals surface area contributed by atoms with Gasteiger partial charge in [0.05, 0.1) is 0 Å². The zero-order valence-electron chi connectivity index (χ0n) is 13.7. The molecule has 1 aliphatic heterocycles. The van der Waals surface area contributed by atoms with Gasteiger partial charge in [-0.1, -0.05) is 6.07 Å². The van der Waals surface area contributed by atoms with Crippen molar-refractivity contribution in [3.8, 4) is 17.2 Å². The second kappa shape index (κ2) is 7.40. The van der Waals surface area contributed by atoms with Gasteiger partial charge in [-0.2, -0.15) is 0 Å². The molecule has 0 saturated heterocycles. The Kier molecular flexibility index (Phi) is 4.65. The average Bonchev–Trinajstić information content (AvgIpc) is 3.34. The zero-order chi connectivity index (χ0) is 17.8. The Balaban J connectivity index is 1.32. The molecule has 4 rings (SSSR count). The SMILES string of the molecule is O=C(NCc1cccnc1)c1csc(COc2ccc3c(c2)OCO3)n1. The molecule has 1 N–H and O–H groups in total. The summed E-state index contributed by atoms with van der Waals surface area (Å²) in [6, 6.07) is 9.12. The third-order valence-corrected chi connectivity index (χ3v) is 4.49. The number of ether oxygens (including phenoxy) is 3. The normalized spacial score (nSPS) is 12.0. The Morgan fingerprint density at radius 1 is 1.27 bits per heavy atom. The van der Waals surface area contributed by atoms with Crippen molar-refractivity contribution in [3.05, 3.63) is 64.4 Å². The van der Waals surface area contributed by atoms with Gasteiger partial charge in [0.15, 0.2) is 11.5 Å². The molecule has 3 aromatic rings. The molecule has 1 aliphatic rings. The molecule has 0 bridgehead atoms. The second-order valence-electron chi connectivity index (χ2n) is 5.47. The van der Waals surface area contributed by atoms with Gasteiger partial charge in [-0.3, -0.25) is 9.78 Å². The first-order valence-corrected chi connectivity index (χ1v) is 8.80. The molecule has 0 spiro atoms. The maximum absolute atomic E-state index is 12.2. The minimum absolute atomic E-state index is 0.223. The van der Waals surface area contributed by atoms with Crippen molar-refractivity contribution in [3.63, 3.8) is 0 Å². The van der Waals surface area contributed by atoms with Crippen molar-refractivity contribution in [2.45, 2.75) is 13.2 Å². The van der Waals surface area contributed by atoms with Gasteiger partial charge in [0, 0.05) is 30.4 Å². The van der Waals surface area contributed by atoms with Gasteiger partial charge in [-0.05, 0) is 23.8 Å². The van der Waals surface area contributed by atoms with E-state index in [0.717, 1.165) is 5.56 Å². The van der Waals surface area contributed by atoms with Crippen LogP contribution in [-0.4, -0.2) is 22.7 Å². The molecule has 0 aliphatic carbocycles. The summed E-state index contributed by atoms with van der Waals surface area (Å²) >= 11 is 1.38. The molecule has 7 nitrogen and oxygen atoms in total. The van der Waals surface area contributed by atoms with E-state index in [1.54, 1.807) is 29.9 Å². The molecule has 0 saturated carbocycles. The lowest BCUT2D eigenvalue weighted by Gasteiger charge is -2.05. The van der Waals surface area contributed by atoms with Crippen LogP contribution >= 0.6 is 11.3 Å². The summed E-state index contributed by atoms with van der Waals surface area (Å²) in [6.07, 6.45) is 3.41. The number of aromatic nitrogens is 2. The van der Waals surface area contributed by atoms with Crippen LogP contribution in [0, 0.1) is 0 Å². The molecule has 8 heteroatoms. The fraction of sp³-hybridized carbons (Fsp3) is 0.167. The quantitative estimate of drug-likeness (QED) is 0.719. The van der Waals surface area contributed by atoms with E-state index in [0.29, 0.717) is 34.5 Å². The molecule has 3 heterocycles. The van der Waals surface area contributed by atoms with Crippen LogP contribution in [0.1, 0.15) is 21.1 Å². The fourth-order valence-corrected chi connectivity index (χ4v) is 3.05. The fourth-order valence-electron chi connectivity index (χ4n) is 2.37. The average molecular weight is 369 g/mol. The lowest BCUT2D eigenvalue weighted by atomic mass is 10.3. The third kappa shape index (κ3) is 3.75. The smallest absolute Gasteiger partial charge is 0.271 e. The lowest BCUT2D eigenvalue weighted by molar-refractivity contribution is 0.0946. The van der Waals surface area contributed by atoms with Crippen molar-refractivity contribution < 1.29 is 19.0 Å². The molecule has 0 atom stereocenters. The highest BCUT2D eigenvalue weighted by Gasteiger charge is 2.15. The maximum atomic E-state index is 12.2. The Labute approximate surface area is 153 Å². The van der Waals surface area contributed by atoms with Gasteiger partial charge >= 0.3 is 0 Å². The van der Waals surface area contributed by atoms with E-state index in [4.69, 9.17) is 14.2 Å². The molecule has 1 aromatic carbocycles. The molecule has 26 heavy (non-hydrogen) atoms. The summed E-state index contributed by atoms with van der Waals surface area (Å²) in [6.45, 7) is 0.913. The third-order valence-electron chi connectivity index (χ3n) is 3.67. The van der Waals surface area contributed by atoms with Crippen molar-refractivity contribution in [1.29, 1.82) is 0 Å². The van der Waals surface area contributed by atoms with Gasteiger partial charge in [0.25, 0.3) is 5.91 Å². The van der Waals surface area contributed by atoms with Crippen LogP contribution in [0.3, 0.4) is 0 Å². The van der Waals surface area contributed by atoms with Crippen LogP contribution in [0.25, 0.3) is 0 Å². The number of thiazole rings is 1. The Morgan fingerprint density at radius 3 is 3.08 bits per heavy atom. The van der Waals surface area contributed by atoms with Gasteiger partial charge in [0.2, 0.25) is 6.79 Å². The molecular formula is C18H15N3O4S. The first-order chi connectivity index (χ1) is 12.8. The number of carbonyl (C=O) groups excluding carboxylic acids is 1. The number of nitrogens with one attached hydrogen (secondary N) is 1. The van der Waals surface area contributed by atoms with E-state index in [9.17, 15) is 4.79 Å². The molecular weight excluding hydrogens is 354 g/mol. The van der Waals surface area contributed by atoms with E-state index in [2.05, 4.69) is 15.3 Å². The summed E-state index contributed by atoms with van der Waals surface area (Å²) < 4.78 is 16.3. The van der Waals surface area contributed by atoms with Gasteiger partial charge < -0.3 is 19.5 Å². The second-order valence-corrected chi connectivity index (χ2v) is 6.42. The lowest BCUT2D eigenvalue weighted by Crippen LogP contribution is -2.23. The number of hydrogen-bond donors (Lipinski definition) is 1. The number of nitrogens with zero attached hydrogens (tertiary/aromatic N) is 2. The van der Waals surface area contributed by atoms with Gasteiger partial charge in [-0.15, -0.1) is 11.3 Å². The minimum atomic E-state index is -0.223. The summed E-state index contributed by atoms with van der Waals surface area (Å²) in [5.74, 6) is 1.81. The Hall–Kier alpha value is -3.13. The maximum Gasteiger partial charge on any atom is 0.271 e. The highest BCUT2D eigenvalue weighted by atomic mass is 32.1. The molecule has 1 amide bonds. The minimum Gasteiger partial charge on any atom is -0.486 e. The summed E-state index contributed by atoms with van der Waals surface area (Å²) in [4.78, 5) is 20.5. The van der Waals surface area contributed by atoms with Crippen LogP contribution in [0.2, 0.25) is 0 Å². The van der Waals surface area contributed by atoms with E-state index >= 15 is 0 Å². The predicted octanol–water partition coefficient (Wildman–Crippen LogP) is 2.78. The first-order valence-electron chi connectivity index (χ1n) is 7.92. The molecule has 0 radical (unpaired) electrons. The van der Waals surface area contributed by atoms with Gasteiger partial charge in [0.1, 0.15) is 23.1 Å². The molecule has 2 aromatic heterocycles. The van der Waals surface area contributed by atoms with Crippen molar-refractivity contribution in [1.82, 2.24) is 15.3 Å². The molecule has 0 fully saturated rings. The van der Waals surface area contributed by atoms with Crippen LogP contribution in [0.5, 0.6) is 17.2 Å². The summed E-state index contributed by atoms with van der Waals surface area (Å²) in [5, 5.41) is 5.26. The number of benzene rings is 1. The van der Waals surface area contributed by atoms with Crippen molar-refractivity contribution >= 4 is 17.2 Å². The van der Waals surface area contributed by atoms with Gasteiger partial charge in [-0.25, -0.2) is 4.98 Å². The first kappa shape index (κ1) is 16.3. The monoisotopic (exact) mass is 369 g/mol. The Morgan fingerprint density at radius 2 is 2.19 bits per heavy atom. The number of rotatable bonds is 6. The Bertz CT molecular complexity index is 914. The predicted molar refractivity (Wildman–Crippen MR) is 94.4 cm³/mol. The number of carbonyl (C=O) groups is 1. The highest BCUT2D eigenvalue weighted by molar-refractivity contribution is 7.09. The number of amides is 1. The topological polar surface area (TPSA) is 82.6 Å². The van der Waals surface area contributed by atoms with E-state index in [-0.39, 0.29) is 19.3 Å².